The van der Waals surface area contributed by atoms with Crippen LogP contribution in [0, 0.1) is 6.92 Å². The van der Waals surface area contributed by atoms with E-state index in [9.17, 15) is 9.59 Å². The van der Waals surface area contributed by atoms with Gasteiger partial charge in [0.1, 0.15) is 5.69 Å². The Hall–Kier alpha value is -4.16. The summed E-state index contributed by atoms with van der Waals surface area (Å²) in [4.78, 5) is 27.1. The summed E-state index contributed by atoms with van der Waals surface area (Å²) in [5.41, 5.74) is 7.70. The molecule has 7 heteroatoms. The number of anilines is 1. The van der Waals surface area contributed by atoms with E-state index in [1.165, 1.54) is 0 Å². The SMILES string of the molecule is Cc1cccc(-c2ccc(C(=O)NCCC(=O)O)nc2)c1CNc1ccc(-c2ccc(Cl)cc2)cc1. The number of halogens is 1. The number of nitrogens with zero attached hydrogens (tertiary/aromatic N) is 1. The number of rotatable bonds is 9. The molecular formula is C29H26ClN3O3. The average Bonchev–Trinajstić information content (AvgIpc) is 2.88. The zero-order valence-corrected chi connectivity index (χ0v) is 20.5. The molecule has 0 saturated carbocycles. The molecule has 0 saturated heterocycles. The Labute approximate surface area is 215 Å². The molecule has 6 nitrogen and oxygen atoms in total. The first-order valence-corrected chi connectivity index (χ1v) is 11.9. The summed E-state index contributed by atoms with van der Waals surface area (Å²) in [6, 6.07) is 25.7. The lowest BCUT2D eigenvalue weighted by Gasteiger charge is -2.15. The number of aromatic nitrogens is 1. The Morgan fingerprint density at radius 2 is 1.56 bits per heavy atom. The first-order valence-electron chi connectivity index (χ1n) is 11.6. The number of carbonyl (C=O) groups is 2. The zero-order chi connectivity index (χ0) is 25.5. The van der Waals surface area contributed by atoms with Crippen molar-refractivity contribution < 1.29 is 14.7 Å². The van der Waals surface area contributed by atoms with Gasteiger partial charge >= 0.3 is 5.97 Å². The van der Waals surface area contributed by atoms with Gasteiger partial charge in [-0.1, -0.05) is 60.1 Å². The smallest absolute Gasteiger partial charge is 0.305 e. The van der Waals surface area contributed by atoms with E-state index in [1.807, 2.05) is 42.5 Å². The molecule has 0 aliphatic rings. The van der Waals surface area contributed by atoms with Gasteiger partial charge in [0.25, 0.3) is 5.91 Å². The molecule has 0 spiro atoms. The summed E-state index contributed by atoms with van der Waals surface area (Å²) in [5, 5.41) is 15.5. The average molecular weight is 500 g/mol. The molecule has 4 aromatic rings. The maximum absolute atomic E-state index is 12.2. The third kappa shape index (κ3) is 6.29. The molecule has 0 bridgehead atoms. The monoisotopic (exact) mass is 499 g/mol. The zero-order valence-electron chi connectivity index (χ0n) is 19.8. The Balaban J connectivity index is 1.46. The molecule has 0 fully saturated rings. The topological polar surface area (TPSA) is 91.3 Å². The van der Waals surface area contributed by atoms with Crippen molar-refractivity contribution in [2.24, 2.45) is 0 Å². The van der Waals surface area contributed by atoms with E-state index < -0.39 is 11.9 Å². The fourth-order valence-corrected chi connectivity index (χ4v) is 4.01. The first-order chi connectivity index (χ1) is 17.4. The number of hydrogen-bond acceptors (Lipinski definition) is 4. The summed E-state index contributed by atoms with van der Waals surface area (Å²) in [6.45, 7) is 2.76. The van der Waals surface area contributed by atoms with Crippen molar-refractivity contribution in [3.05, 3.63) is 107 Å². The number of pyridine rings is 1. The number of carbonyl (C=O) groups excluding carboxylic acids is 1. The van der Waals surface area contributed by atoms with Crippen LogP contribution in [0.3, 0.4) is 0 Å². The number of amides is 1. The fraction of sp³-hybridized carbons (Fsp3) is 0.138. The van der Waals surface area contributed by atoms with E-state index in [-0.39, 0.29) is 18.7 Å². The lowest BCUT2D eigenvalue weighted by atomic mass is 9.96. The van der Waals surface area contributed by atoms with Crippen LogP contribution >= 0.6 is 11.6 Å². The van der Waals surface area contributed by atoms with Crippen LogP contribution in [0.15, 0.2) is 85.1 Å². The minimum Gasteiger partial charge on any atom is -0.481 e. The number of hydrogen-bond donors (Lipinski definition) is 3. The molecule has 1 aromatic heterocycles. The molecule has 3 aromatic carbocycles. The van der Waals surface area contributed by atoms with Gasteiger partial charge in [0.15, 0.2) is 0 Å². The minimum absolute atomic E-state index is 0.0615. The Bertz CT molecular complexity index is 1350. The predicted octanol–water partition coefficient (Wildman–Crippen LogP) is 6.19. The second-order valence-electron chi connectivity index (χ2n) is 8.37. The van der Waals surface area contributed by atoms with Gasteiger partial charge in [0.05, 0.1) is 6.42 Å². The largest absolute Gasteiger partial charge is 0.481 e. The molecule has 4 rings (SSSR count). The van der Waals surface area contributed by atoms with Gasteiger partial charge in [0, 0.05) is 35.6 Å². The number of benzene rings is 3. The van der Waals surface area contributed by atoms with Gasteiger partial charge in [-0.25, -0.2) is 0 Å². The van der Waals surface area contributed by atoms with Crippen molar-refractivity contribution in [3.8, 4) is 22.3 Å². The number of carboxylic acid groups (broad SMARTS) is 1. The van der Waals surface area contributed by atoms with Crippen LogP contribution in [-0.4, -0.2) is 28.5 Å². The quantitative estimate of drug-likeness (QED) is 0.255. The van der Waals surface area contributed by atoms with Gasteiger partial charge < -0.3 is 15.7 Å². The van der Waals surface area contributed by atoms with Crippen LogP contribution in [0.4, 0.5) is 5.69 Å². The lowest BCUT2D eigenvalue weighted by Crippen LogP contribution is -2.26. The number of nitrogens with one attached hydrogen (secondary N) is 2. The second kappa shape index (κ2) is 11.5. The highest BCUT2D eigenvalue weighted by Crippen LogP contribution is 2.28. The maximum Gasteiger partial charge on any atom is 0.305 e. The molecule has 182 valence electrons. The van der Waals surface area contributed by atoms with E-state index in [0.717, 1.165) is 44.1 Å². The molecule has 0 aliphatic carbocycles. The summed E-state index contributed by atoms with van der Waals surface area (Å²) in [7, 11) is 0. The summed E-state index contributed by atoms with van der Waals surface area (Å²) in [5.74, 6) is -1.35. The van der Waals surface area contributed by atoms with Crippen LogP contribution in [0.1, 0.15) is 28.0 Å². The van der Waals surface area contributed by atoms with Crippen LogP contribution in [0.25, 0.3) is 22.3 Å². The number of aryl methyl sites for hydroxylation is 1. The van der Waals surface area contributed by atoms with Gasteiger partial charge in [-0.05, 0) is 65.1 Å². The van der Waals surface area contributed by atoms with Crippen LogP contribution in [0.5, 0.6) is 0 Å². The summed E-state index contributed by atoms with van der Waals surface area (Å²) in [6.07, 6.45) is 1.54. The lowest BCUT2D eigenvalue weighted by molar-refractivity contribution is -0.136. The Morgan fingerprint density at radius 3 is 2.19 bits per heavy atom. The Morgan fingerprint density at radius 1 is 0.889 bits per heavy atom. The minimum atomic E-state index is -0.961. The van der Waals surface area contributed by atoms with Crippen molar-refractivity contribution >= 4 is 29.2 Å². The van der Waals surface area contributed by atoms with Crippen molar-refractivity contribution in [1.29, 1.82) is 0 Å². The molecule has 36 heavy (non-hydrogen) atoms. The molecule has 0 atom stereocenters. The summed E-state index contributed by atoms with van der Waals surface area (Å²) < 4.78 is 0. The standard InChI is InChI=1S/C29H26ClN3O3/c1-19-3-2-4-25(22-9-14-27(33-17-22)29(36)31-16-15-28(34)35)26(19)18-32-24-12-7-21(8-13-24)20-5-10-23(30)11-6-20/h2-14,17,32H,15-16,18H2,1H3,(H,31,36)(H,34,35). The molecule has 0 aliphatic heterocycles. The maximum atomic E-state index is 12.2. The van der Waals surface area contributed by atoms with E-state index >= 15 is 0 Å². The molecule has 0 unspecified atom stereocenters. The summed E-state index contributed by atoms with van der Waals surface area (Å²) >= 11 is 5.99. The van der Waals surface area contributed by atoms with Gasteiger partial charge in [0.2, 0.25) is 0 Å². The van der Waals surface area contributed by atoms with Gasteiger partial charge in [-0.15, -0.1) is 0 Å². The third-order valence-corrected chi connectivity index (χ3v) is 6.13. The molecule has 0 radical (unpaired) electrons. The predicted molar refractivity (Wildman–Crippen MR) is 143 cm³/mol. The molecular weight excluding hydrogens is 474 g/mol. The highest BCUT2D eigenvalue weighted by molar-refractivity contribution is 6.30. The number of aliphatic carboxylic acids is 1. The highest BCUT2D eigenvalue weighted by Gasteiger charge is 2.12. The van der Waals surface area contributed by atoms with Crippen molar-refractivity contribution in [3.63, 3.8) is 0 Å². The van der Waals surface area contributed by atoms with Crippen LogP contribution in [0.2, 0.25) is 5.02 Å². The van der Waals surface area contributed by atoms with E-state index in [2.05, 4.69) is 52.9 Å². The molecule has 1 amide bonds. The first kappa shape index (κ1) is 24.9. The van der Waals surface area contributed by atoms with E-state index in [1.54, 1.807) is 12.3 Å². The molecule has 1 heterocycles. The van der Waals surface area contributed by atoms with E-state index in [4.69, 9.17) is 16.7 Å². The van der Waals surface area contributed by atoms with Crippen molar-refractivity contribution in [1.82, 2.24) is 10.3 Å². The van der Waals surface area contributed by atoms with Crippen molar-refractivity contribution in [2.75, 3.05) is 11.9 Å². The highest BCUT2D eigenvalue weighted by atomic mass is 35.5. The fourth-order valence-electron chi connectivity index (χ4n) is 3.88. The number of carboxylic acids is 1. The Kier molecular flexibility index (Phi) is 7.98. The van der Waals surface area contributed by atoms with Crippen LogP contribution in [-0.2, 0) is 11.3 Å². The second-order valence-corrected chi connectivity index (χ2v) is 8.81. The van der Waals surface area contributed by atoms with E-state index in [0.29, 0.717) is 6.54 Å². The third-order valence-electron chi connectivity index (χ3n) is 5.87. The molecule has 3 N–H and O–H groups in total. The normalized spacial score (nSPS) is 10.6. The van der Waals surface area contributed by atoms with Crippen LogP contribution < -0.4 is 10.6 Å². The van der Waals surface area contributed by atoms with Gasteiger partial charge in [-0.2, -0.15) is 0 Å². The van der Waals surface area contributed by atoms with Gasteiger partial charge in [-0.3, -0.25) is 14.6 Å². The van der Waals surface area contributed by atoms with Crippen molar-refractivity contribution in [2.45, 2.75) is 19.9 Å².